The summed E-state index contributed by atoms with van der Waals surface area (Å²) in [5.74, 6) is 0.000744. The molecule has 5 heteroatoms. The Bertz CT molecular complexity index is 407. The van der Waals surface area contributed by atoms with Gasteiger partial charge in [-0.3, -0.25) is 4.79 Å². The average molecular weight is 365 g/mol. The van der Waals surface area contributed by atoms with E-state index < -0.39 is 0 Å². The minimum absolute atomic E-state index is 0.0605. The third kappa shape index (κ3) is 4.08. The molecule has 0 spiro atoms. The zero-order chi connectivity index (χ0) is 13.0. The normalized spacial score (nSPS) is 12.6. The highest BCUT2D eigenvalue weighted by Gasteiger charge is 2.17. The maximum absolute atomic E-state index is 12.0. The molecular weight excluding hydrogens is 350 g/mol. The van der Waals surface area contributed by atoms with E-state index in [0.717, 1.165) is 8.95 Å². The monoisotopic (exact) mass is 363 g/mol. The van der Waals surface area contributed by atoms with Crippen molar-refractivity contribution in [2.45, 2.75) is 19.9 Å². The lowest BCUT2D eigenvalue weighted by Crippen LogP contribution is -2.41. The molecule has 3 nitrogen and oxygen atoms in total. The molecule has 0 heterocycles. The molecule has 0 bridgehead atoms. The Balaban J connectivity index is 2.86. The van der Waals surface area contributed by atoms with Crippen LogP contribution in [0.1, 0.15) is 24.2 Å². The van der Waals surface area contributed by atoms with Crippen LogP contribution in [0, 0.1) is 5.92 Å². The second-order valence-corrected chi connectivity index (χ2v) is 5.90. The van der Waals surface area contributed by atoms with Crippen LogP contribution in [0.5, 0.6) is 0 Å². The molecule has 1 rings (SSSR count). The van der Waals surface area contributed by atoms with Crippen LogP contribution in [0.15, 0.2) is 27.1 Å². The zero-order valence-electron chi connectivity index (χ0n) is 9.71. The highest BCUT2D eigenvalue weighted by molar-refractivity contribution is 9.11. The number of hydrogen-bond acceptors (Lipinski definition) is 2. The number of benzene rings is 1. The summed E-state index contributed by atoms with van der Waals surface area (Å²) in [5.41, 5.74) is 0.554. The van der Waals surface area contributed by atoms with Gasteiger partial charge in [0.1, 0.15) is 0 Å². The maximum atomic E-state index is 12.0. The molecule has 0 fully saturated rings. The Morgan fingerprint density at radius 1 is 1.41 bits per heavy atom. The van der Waals surface area contributed by atoms with Gasteiger partial charge < -0.3 is 10.4 Å². The summed E-state index contributed by atoms with van der Waals surface area (Å²) in [5, 5.41) is 12.0. The highest BCUT2D eigenvalue weighted by Crippen LogP contribution is 2.21. The van der Waals surface area contributed by atoms with Gasteiger partial charge in [-0.2, -0.15) is 0 Å². The molecule has 17 heavy (non-hydrogen) atoms. The van der Waals surface area contributed by atoms with Gasteiger partial charge in [-0.15, -0.1) is 0 Å². The van der Waals surface area contributed by atoms with Gasteiger partial charge in [0.15, 0.2) is 0 Å². The van der Waals surface area contributed by atoms with E-state index in [4.69, 9.17) is 0 Å². The van der Waals surface area contributed by atoms with Crippen molar-refractivity contribution in [1.82, 2.24) is 5.32 Å². The predicted octanol–water partition coefficient (Wildman–Crippen LogP) is 2.96. The van der Waals surface area contributed by atoms with Crippen molar-refractivity contribution in [2.75, 3.05) is 6.61 Å². The number of hydrogen-bond donors (Lipinski definition) is 2. The van der Waals surface area contributed by atoms with E-state index in [0.29, 0.717) is 5.56 Å². The molecule has 0 aliphatic heterocycles. The minimum atomic E-state index is -0.228. The lowest BCUT2D eigenvalue weighted by atomic mass is 10.0. The van der Waals surface area contributed by atoms with Crippen LogP contribution in [0.3, 0.4) is 0 Å². The molecule has 0 aliphatic rings. The largest absolute Gasteiger partial charge is 0.394 e. The Morgan fingerprint density at radius 3 is 2.59 bits per heavy atom. The van der Waals surface area contributed by atoms with Gasteiger partial charge in [0.2, 0.25) is 0 Å². The molecular formula is C12H15Br2NO2. The molecule has 1 amide bonds. The van der Waals surface area contributed by atoms with Crippen LogP contribution >= 0.6 is 31.9 Å². The Kier molecular flexibility index (Phi) is 5.62. The van der Waals surface area contributed by atoms with E-state index in [1.165, 1.54) is 0 Å². The summed E-state index contributed by atoms with van der Waals surface area (Å²) in [7, 11) is 0. The molecule has 1 aromatic carbocycles. The molecule has 0 aliphatic carbocycles. The third-order valence-corrected chi connectivity index (χ3v) is 3.68. The van der Waals surface area contributed by atoms with Crippen molar-refractivity contribution in [1.29, 1.82) is 0 Å². The summed E-state index contributed by atoms with van der Waals surface area (Å²) in [6.45, 7) is 3.85. The molecule has 94 valence electrons. The Hall–Kier alpha value is -0.390. The number of halogens is 2. The minimum Gasteiger partial charge on any atom is -0.394 e. The topological polar surface area (TPSA) is 49.3 Å². The van der Waals surface area contributed by atoms with Gasteiger partial charge in [0, 0.05) is 8.95 Å². The molecule has 2 N–H and O–H groups in total. The summed E-state index contributed by atoms with van der Waals surface area (Å²) in [4.78, 5) is 12.0. The molecule has 0 saturated heterocycles. The number of carbonyl (C=O) groups is 1. The van der Waals surface area contributed by atoms with Gasteiger partial charge in [-0.05, 0) is 40.0 Å². The smallest absolute Gasteiger partial charge is 0.252 e. The van der Waals surface area contributed by atoms with Crippen LogP contribution in [-0.2, 0) is 0 Å². The number of rotatable bonds is 4. The lowest BCUT2D eigenvalue weighted by Gasteiger charge is -2.20. The van der Waals surface area contributed by atoms with Crippen molar-refractivity contribution < 1.29 is 9.90 Å². The van der Waals surface area contributed by atoms with Gasteiger partial charge >= 0.3 is 0 Å². The quantitative estimate of drug-likeness (QED) is 0.862. The molecule has 1 unspecified atom stereocenters. The van der Waals surface area contributed by atoms with Crippen molar-refractivity contribution >= 4 is 37.8 Å². The standard InChI is InChI=1S/C12H15Br2NO2/c1-7(2)11(6-16)15-12(17)9-5-8(13)3-4-10(9)14/h3-5,7,11,16H,6H2,1-2H3,(H,15,17). The Morgan fingerprint density at radius 2 is 2.06 bits per heavy atom. The van der Waals surface area contributed by atoms with Crippen LogP contribution in [0.25, 0.3) is 0 Å². The fourth-order valence-electron chi connectivity index (χ4n) is 1.34. The summed E-state index contributed by atoms with van der Waals surface area (Å²) in [6, 6.07) is 5.18. The van der Waals surface area contributed by atoms with Gasteiger partial charge in [-0.1, -0.05) is 29.8 Å². The van der Waals surface area contributed by atoms with Crippen molar-refractivity contribution in [3.05, 3.63) is 32.7 Å². The highest BCUT2D eigenvalue weighted by atomic mass is 79.9. The number of nitrogens with one attached hydrogen (secondary N) is 1. The number of carbonyl (C=O) groups excluding carboxylic acids is 1. The second-order valence-electron chi connectivity index (χ2n) is 4.13. The predicted molar refractivity (Wildman–Crippen MR) is 75.0 cm³/mol. The Labute approximate surface area is 118 Å². The van der Waals surface area contributed by atoms with E-state index >= 15 is 0 Å². The number of aliphatic hydroxyl groups excluding tert-OH is 1. The fourth-order valence-corrected chi connectivity index (χ4v) is 2.13. The SMILES string of the molecule is CC(C)C(CO)NC(=O)c1cc(Br)ccc1Br. The van der Waals surface area contributed by atoms with Gasteiger partial charge in [-0.25, -0.2) is 0 Å². The zero-order valence-corrected chi connectivity index (χ0v) is 12.9. The van der Waals surface area contributed by atoms with Crippen LogP contribution < -0.4 is 5.32 Å². The van der Waals surface area contributed by atoms with Crippen molar-refractivity contribution in [2.24, 2.45) is 5.92 Å². The average Bonchev–Trinajstić information content (AvgIpc) is 2.28. The first kappa shape index (κ1) is 14.7. The molecule has 0 radical (unpaired) electrons. The fraction of sp³-hybridized carbons (Fsp3) is 0.417. The first-order valence-electron chi connectivity index (χ1n) is 5.32. The van der Waals surface area contributed by atoms with Crippen LogP contribution in [-0.4, -0.2) is 23.7 Å². The van der Waals surface area contributed by atoms with E-state index in [1.54, 1.807) is 6.07 Å². The molecule has 0 saturated carbocycles. The van der Waals surface area contributed by atoms with Crippen LogP contribution in [0.4, 0.5) is 0 Å². The van der Waals surface area contributed by atoms with E-state index in [2.05, 4.69) is 37.2 Å². The number of amides is 1. The molecule has 1 aromatic rings. The van der Waals surface area contributed by atoms with Crippen molar-refractivity contribution in [3.8, 4) is 0 Å². The van der Waals surface area contributed by atoms with Gasteiger partial charge in [0.25, 0.3) is 5.91 Å². The second kappa shape index (κ2) is 6.52. The van der Waals surface area contributed by atoms with Crippen molar-refractivity contribution in [3.63, 3.8) is 0 Å². The molecule has 1 atom stereocenters. The first-order chi connectivity index (χ1) is 7.95. The summed E-state index contributed by atoms with van der Waals surface area (Å²) in [6.07, 6.45) is 0. The third-order valence-electron chi connectivity index (χ3n) is 2.49. The number of aliphatic hydroxyl groups is 1. The van der Waals surface area contributed by atoms with E-state index in [1.807, 2.05) is 26.0 Å². The lowest BCUT2D eigenvalue weighted by molar-refractivity contribution is 0.0896. The first-order valence-corrected chi connectivity index (χ1v) is 6.91. The maximum Gasteiger partial charge on any atom is 0.252 e. The van der Waals surface area contributed by atoms with Gasteiger partial charge in [0.05, 0.1) is 18.2 Å². The summed E-state index contributed by atoms with van der Waals surface area (Å²) >= 11 is 6.66. The van der Waals surface area contributed by atoms with Crippen LogP contribution in [0.2, 0.25) is 0 Å². The van der Waals surface area contributed by atoms with E-state index in [-0.39, 0.29) is 24.5 Å². The summed E-state index contributed by atoms with van der Waals surface area (Å²) < 4.78 is 1.58. The van der Waals surface area contributed by atoms with E-state index in [9.17, 15) is 9.90 Å². The molecule has 0 aromatic heterocycles.